The molecular weight excluding hydrogens is 270 g/mol. The number of hydrogen-bond donors (Lipinski definition) is 2. The van der Waals surface area contributed by atoms with Crippen LogP contribution in [-0.2, 0) is 15.0 Å². The number of hydrogen-bond acceptors (Lipinski definition) is 6. The molecule has 0 unspecified atom stereocenters. The maximum Gasteiger partial charge on any atom is 0.246 e. The van der Waals surface area contributed by atoms with Crippen LogP contribution in [0, 0.1) is 6.92 Å². The molecule has 1 saturated heterocycles. The molecule has 0 spiro atoms. The fourth-order valence-corrected chi connectivity index (χ4v) is 2.18. The van der Waals surface area contributed by atoms with Crippen LogP contribution in [0.5, 0.6) is 0 Å². The van der Waals surface area contributed by atoms with Gasteiger partial charge >= 0.3 is 0 Å². The van der Waals surface area contributed by atoms with Gasteiger partial charge in [-0.1, -0.05) is 20.8 Å². The van der Waals surface area contributed by atoms with Gasteiger partial charge < -0.3 is 10.2 Å². The topological polar surface area (TPSA) is 87.2 Å². The third kappa shape index (κ3) is 3.12. The Morgan fingerprint density at radius 2 is 1.71 bits per heavy atom. The highest BCUT2D eigenvalue weighted by Gasteiger charge is 2.28. The van der Waals surface area contributed by atoms with Gasteiger partial charge in [-0.25, -0.2) is 9.97 Å². The molecule has 0 atom stereocenters. The van der Waals surface area contributed by atoms with Crippen LogP contribution >= 0.6 is 0 Å². The molecule has 0 bridgehead atoms. The van der Waals surface area contributed by atoms with Crippen LogP contribution in [0.2, 0.25) is 0 Å². The number of imide groups is 1. The molecule has 0 saturated carbocycles. The Kier molecular flexibility index (Phi) is 3.85. The zero-order valence-corrected chi connectivity index (χ0v) is 13.1. The third-order valence-electron chi connectivity index (χ3n) is 3.28. The van der Waals surface area contributed by atoms with Crippen LogP contribution in [0.3, 0.4) is 0 Å². The van der Waals surface area contributed by atoms with E-state index in [9.17, 15) is 9.59 Å². The van der Waals surface area contributed by atoms with Crippen molar-refractivity contribution in [2.75, 3.05) is 30.4 Å². The van der Waals surface area contributed by atoms with Gasteiger partial charge in [-0.2, -0.15) is 0 Å². The van der Waals surface area contributed by atoms with Crippen LogP contribution < -0.4 is 15.5 Å². The van der Waals surface area contributed by atoms with Crippen molar-refractivity contribution < 1.29 is 9.59 Å². The second kappa shape index (κ2) is 5.31. The van der Waals surface area contributed by atoms with Crippen molar-refractivity contribution >= 4 is 23.5 Å². The molecule has 0 radical (unpaired) electrons. The number of piperazine rings is 1. The SMILES string of the molecule is CNc1nc(C(C)(C)C)nc(N2CC(=O)NC(=O)C2)c1C. The van der Waals surface area contributed by atoms with E-state index >= 15 is 0 Å². The molecule has 2 rings (SSSR count). The number of amides is 2. The molecular formula is C14H21N5O2. The molecule has 7 heteroatoms. The third-order valence-corrected chi connectivity index (χ3v) is 3.28. The summed E-state index contributed by atoms with van der Waals surface area (Å²) in [5, 5.41) is 5.34. The van der Waals surface area contributed by atoms with Gasteiger partial charge in [0.25, 0.3) is 0 Å². The van der Waals surface area contributed by atoms with Gasteiger partial charge in [0.05, 0.1) is 13.1 Å². The molecule has 114 valence electrons. The lowest BCUT2D eigenvalue weighted by Crippen LogP contribution is -2.52. The first-order chi connectivity index (χ1) is 9.72. The second-order valence-electron chi connectivity index (χ2n) is 6.17. The molecule has 7 nitrogen and oxygen atoms in total. The minimum atomic E-state index is -0.312. The van der Waals surface area contributed by atoms with E-state index in [0.717, 1.165) is 5.56 Å². The number of nitrogens with zero attached hydrogens (tertiary/aromatic N) is 3. The van der Waals surface area contributed by atoms with Crippen LogP contribution in [-0.4, -0.2) is 41.9 Å². The van der Waals surface area contributed by atoms with Gasteiger partial charge in [-0.15, -0.1) is 0 Å². The van der Waals surface area contributed by atoms with Crippen molar-refractivity contribution in [1.29, 1.82) is 0 Å². The number of carbonyl (C=O) groups excluding carboxylic acids is 2. The summed E-state index contributed by atoms with van der Waals surface area (Å²) in [6.45, 7) is 8.19. The lowest BCUT2D eigenvalue weighted by molar-refractivity contribution is -0.130. The van der Waals surface area contributed by atoms with Crippen LogP contribution in [0.15, 0.2) is 0 Å². The first-order valence-corrected chi connectivity index (χ1v) is 6.87. The van der Waals surface area contributed by atoms with Crippen molar-refractivity contribution in [2.24, 2.45) is 0 Å². The highest BCUT2D eigenvalue weighted by molar-refractivity contribution is 6.02. The van der Waals surface area contributed by atoms with E-state index in [4.69, 9.17) is 0 Å². The summed E-state index contributed by atoms with van der Waals surface area (Å²) in [5.74, 6) is 1.39. The van der Waals surface area contributed by atoms with E-state index in [1.165, 1.54) is 0 Å². The van der Waals surface area contributed by atoms with Crippen molar-refractivity contribution in [2.45, 2.75) is 33.1 Å². The van der Waals surface area contributed by atoms with Gasteiger partial charge in [0.15, 0.2) is 0 Å². The van der Waals surface area contributed by atoms with Crippen molar-refractivity contribution in [3.8, 4) is 0 Å². The van der Waals surface area contributed by atoms with E-state index < -0.39 is 0 Å². The maximum atomic E-state index is 11.6. The second-order valence-corrected chi connectivity index (χ2v) is 6.17. The van der Waals surface area contributed by atoms with Crippen molar-refractivity contribution in [3.05, 3.63) is 11.4 Å². The molecule has 0 aliphatic carbocycles. The lowest BCUT2D eigenvalue weighted by atomic mass is 9.95. The van der Waals surface area contributed by atoms with E-state index in [1.54, 1.807) is 11.9 Å². The molecule has 2 N–H and O–H groups in total. The predicted octanol–water partition coefficient (Wildman–Crippen LogP) is 0.587. The molecule has 1 fully saturated rings. The number of nitrogens with one attached hydrogen (secondary N) is 2. The minimum Gasteiger partial charge on any atom is -0.373 e. The summed E-state index contributed by atoms with van der Waals surface area (Å²) in [6, 6.07) is 0. The fraction of sp³-hybridized carbons (Fsp3) is 0.571. The van der Waals surface area contributed by atoms with E-state index in [1.807, 2.05) is 27.7 Å². The first-order valence-electron chi connectivity index (χ1n) is 6.87. The van der Waals surface area contributed by atoms with Crippen molar-refractivity contribution in [3.63, 3.8) is 0 Å². The molecule has 2 amide bonds. The van der Waals surface area contributed by atoms with Gasteiger partial charge in [0.1, 0.15) is 17.5 Å². The number of anilines is 2. The zero-order valence-electron chi connectivity index (χ0n) is 13.1. The summed E-state index contributed by atoms with van der Waals surface area (Å²) >= 11 is 0. The van der Waals surface area contributed by atoms with Crippen LogP contribution in [0.1, 0.15) is 32.2 Å². The number of rotatable bonds is 2. The molecule has 1 aliphatic rings. The van der Waals surface area contributed by atoms with E-state index in [0.29, 0.717) is 17.5 Å². The largest absolute Gasteiger partial charge is 0.373 e. The smallest absolute Gasteiger partial charge is 0.246 e. The number of carbonyl (C=O) groups is 2. The quantitative estimate of drug-likeness (QED) is 0.775. The highest BCUT2D eigenvalue weighted by atomic mass is 16.2. The summed E-state index contributed by atoms with van der Waals surface area (Å²) in [4.78, 5) is 33.9. The van der Waals surface area contributed by atoms with Crippen LogP contribution in [0.25, 0.3) is 0 Å². The average molecular weight is 291 g/mol. The molecule has 1 aliphatic heterocycles. The summed E-state index contributed by atoms with van der Waals surface area (Å²) in [5.41, 5.74) is 0.601. The van der Waals surface area contributed by atoms with Gasteiger partial charge in [-0.3, -0.25) is 14.9 Å². The highest BCUT2D eigenvalue weighted by Crippen LogP contribution is 2.28. The minimum absolute atomic E-state index is 0.121. The summed E-state index contributed by atoms with van der Waals surface area (Å²) in [7, 11) is 1.79. The van der Waals surface area contributed by atoms with Gasteiger partial charge in [-0.05, 0) is 6.92 Å². The Bertz CT molecular complexity index is 576. The fourth-order valence-electron chi connectivity index (χ4n) is 2.18. The Morgan fingerprint density at radius 1 is 1.14 bits per heavy atom. The number of aromatic nitrogens is 2. The predicted molar refractivity (Wildman–Crippen MR) is 80.4 cm³/mol. The normalized spacial score (nSPS) is 16.0. The lowest BCUT2D eigenvalue weighted by Gasteiger charge is -2.29. The molecule has 1 aromatic rings. The first kappa shape index (κ1) is 15.2. The Hall–Kier alpha value is -2.18. The Morgan fingerprint density at radius 3 is 2.19 bits per heavy atom. The van der Waals surface area contributed by atoms with Gasteiger partial charge in [0.2, 0.25) is 11.8 Å². The monoisotopic (exact) mass is 291 g/mol. The van der Waals surface area contributed by atoms with E-state index in [2.05, 4.69) is 20.6 Å². The van der Waals surface area contributed by atoms with Gasteiger partial charge in [0, 0.05) is 18.0 Å². The van der Waals surface area contributed by atoms with E-state index in [-0.39, 0.29) is 30.3 Å². The molecule has 1 aromatic heterocycles. The summed E-state index contributed by atoms with van der Waals surface area (Å²) in [6.07, 6.45) is 0. The molecule has 21 heavy (non-hydrogen) atoms. The van der Waals surface area contributed by atoms with Crippen molar-refractivity contribution in [1.82, 2.24) is 15.3 Å². The Labute approximate surface area is 124 Å². The molecule has 2 heterocycles. The zero-order chi connectivity index (χ0) is 15.8. The Balaban J connectivity index is 2.51. The summed E-state index contributed by atoms with van der Waals surface area (Å²) < 4.78 is 0. The average Bonchev–Trinajstić information content (AvgIpc) is 2.36. The van der Waals surface area contributed by atoms with Crippen LogP contribution in [0.4, 0.5) is 11.6 Å². The standard InChI is InChI=1S/C14H21N5O2/c1-8-11(15-5)17-13(14(2,3)4)18-12(8)19-6-9(20)16-10(21)7-19/h6-7H2,1-5H3,(H,15,17,18)(H,16,20,21). The maximum absolute atomic E-state index is 11.6. The molecule has 0 aromatic carbocycles.